The predicted molar refractivity (Wildman–Crippen MR) is 128 cm³/mol. The molecule has 34 heavy (non-hydrogen) atoms. The Morgan fingerprint density at radius 2 is 1.85 bits per heavy atom. The van der Waals surface area contributed by atoms with Crippen molar-refractivity contribution < 1.29 is 41.3 Å². The van der Waals surface area contributed by atoms with Crippen LogP contribution in [-0.2, 0) is 14.8 Å². The molecule has 0 amide bonds. The predicted octanol–water partition coefficient (Wildman–Crippen LogP) is 3.49. The van der Waals surface area contributed by atoms with Gasteiger partial charge in [0, 0.05) is 16.7 Å². The molecule has 1 aliphatic rings. The number of aliphatic hydroxyl groups excluding tert-OH is 2. The molecule has 1 saturated carbocycles. The molecular formula is C21H24F3IN2O6S. The summed E-state index contributed by atoms with van der Waals surface area (Å²) in [6.07, 6.45) is -1.15. The van der Waals surface area contributed by atoms with Crippen LogP contribution in [0.25, 0.3) is 0 Å². The van der Waals surface area contributed by atoms with Gasteiger partial charge in [0.05, 0.1) is 29.8 Å². The van der Waals surface area contributed by atoms with Crippen LogP contribution in [0.2, 0.25) is 0 Å². The lowest BCUT2D eigenvalue weighted by Gasteiger charge is -2.24. The lowest BCUT2D eigenvalue weighted by atomic mass is 10.2. The van der Waals surface area contributed by atoms with E-state index < -0.39 is 56.3 Å². The lowest BCUT2D eigenvalue weighted by molar-refractivity contribution is 0.0858. The molecule has 1 atom stereocenters. The number of halogens is 4. The molecule has 0 radical (unpaired) electrons. The van der Waals surface area contributed by atoms with E-state index in [1.165, 1.54) is 19.2 Å². The van der Waals surface area contributed by atoms with Crippen LogP contribution in [0.5, 0.6) is 5.75 Å². The highest BCUT2D eigenvalue weighted by atomic mass is 127. The number of aliphatic hydroxyl groups is 2. The molecule has 0 bridgehead atoms. The van der Waals surface area contributed by atoms with E-state index >= 15 is 0 Å². The van der Waals surface area contributed by atoms with Gasteiger partial charge in [-0.15, -0.1) is 0 Å². The Labute approximate surface area is 208 Å². The number of anilines is 3. The largest absolute Gasteiger partial charge is 0.489 e. The molecule has 1 unspecified atom stereocenters. The number of ether oxygens (including phenoxy) is 2. The van der Waals surface area contributed by atoms with Gasteiger partial charge < -0.3 is 25.0 Å². The highest BCUT2D eigenvalue weighted by molar-refractivity contribution is 14.1. The quantitative estimate of drug-likeness (QED) is 0.213. The van der Waals surface area contributed by atoms with E-state index in [0.717, 1.165) is 6.07 Å². The zero-order valence-electron chi connectivity index (χ0n) is 18.1. The Balaban J connectivity index is 2.07. The highest BCUT2D eigenvalue weighted by Gasteiger charge is 2.55. The fraction of sp³-hybridized carbons (Fsp3) is 0.429. The standard InChI is InChI=1S/C21H24F3IN2O6S/c1-32-6-7-33-17-9-15(23)18(24)20(26-16-3-2-12(25)8-14(16)22)19(17)27-34(30,31)21(4-5-21)10-13(29)11-28/h2-3,8-9,13,26-29H,4-7,10-11H2,1H3. The van der Waals surface area contributed by atoms with Crippen molar-refractivity contribution in [3.63, 3.8) is 0 Å². The molecule has 188 valence electrons. The normalized spacial score (nSPS) is 15.6. The van der Waals surface area contributed by atoms with Gasteiger partial charge in [0.1, 0.15) is 29.5 Å². The third kappa shape index (κ3) is 5.87. The summed E-state index contributed by atoms with van der Waals surface area (Å²) >= 11 is 1.88. The second-order valence-corrected chi connectivity index (χ2v) is 11.2. The van der Waals surface area contributed by atoms with E-state index in [0.29, 0.717) is 9.64 Å². The fourth-order valence-corrected chi connectivity index (χ4v) is 5.55. The third-order valence-corrected chi connectivity index (χ3v) is 8.21. The Hall–Kier alpha value is -1.81. The molecule has 13 heteroatoms. The topological polar surface area (TPSA) is 117 Å². The first-order valence-electron chi connectivity index (χ1n) is 10.2. The van der Waals surface area contributed by atoms with Crippen LogP contribution in [0.3, 0.4) is 0 Å². The van der Waals surface area contributed by atoms with Gasteiger partial charge >= 0.3 is 0 Å². The van der Waals surface area contributed by atoms with E-state index in [9.17, 15) is 26.7 Å². The number of nitrogens with one attached hydrogen (secondary N) is 2. The van der Waals surface area contributed by atoms with Gasteiger partial charge in [-0.2, -0.15) is 0 Å². The van der Waals surface area contributed by atoms with Gasteiger partial charge in [-0.05, 0) is 60.1 Å². The first kappa shape index (κ1) is 26.8. The van der Waals surface area contributed by atoms with E-state index in [2.05, 4.69) is 10.0 Å². The Morgan fingerprint density at radius 1 is 1.15 bits per heavy atom. The smallest absolute Gasteiger partial charge is 0.238 e. The van der Waals surface area contributed by atoms with E-state index in [-0.39, 0.29) is 43.9 Å². The summed E-state index contributed by atoms with van der Waals surface area (Å²) in [4.78, 5) is 0. The summed E-state index contributed by atoms with van der Waals surface area (Å²) in [6, 6.07) is 4.67. The summed E-state index contributed by atoms with van der Waals surface area (Å²) in [6.45, 7) is -0.666. The summed E-state index contributed by atoms with van der Waals surface area (Å²) in [5.74, 6) is -3.90. The van der Waals surface area contributed by atoms with Gasteiger partial charge in [0.25, 0.3) is 0 Å². The number of rotatable bonds is 12. The fourth-order valence-electron chi connectivity index (χ4n) is 3.35. The van der Waals surface area contributed by atoms with Crippen LogP contribution >= 0.6 is 22.6 Å². The minimum atomic E-state index is -4.28. The van der Waals surface area contributed by atoms with E-state index in [1.54, 1.807) is 0 Å². The zero-order chi connectivity index (χ0) is 25.1. The highest BCUT2D eigenvalue weighted by Crippen LogP contribution is 2.49. The van der Waals surface area contributed by atoms with Crippen molar-refractivity contribution >= 4 is 49.7 Å². The van der Waals surface area contributed by atoms with Crippen LogP contribution in [0.1, 0.15) is 19.3 Å². The van der Waals surface area contributed by atoms with Crippen LogP contribution in [0.4, 0.5) is 30.2 Å². The van der Waals surface area contributed by atoms with Crippen molar-refractivity contribution in [2.45, 2.75) is 30.1 Å². The molecule has 1 fully saturated rings. The van der Waals surface area contributed by atoms with Gasteiger partial charge in [-0.25, -0.2) is 21.6 Å². The van der Waals surface area contributed by atoms with Gasteiger partial charge in [-0.1, -0.05) is 0 Å². The first-order chi connectivity index (χ1) is 16.0. The van der Waals surface area contributed by atoms with Crippen molar-refractivity contribution in [3.05, 3.63) is 45.3 Å². The van der Waals surface area contributed by atoms with Gasteiger partial charge in [0.2, 0.25) is 10.0 Å². The molecule has 3 rings (SSSR count). The minimum Gasteiger partial charge on any atom is -0.489 e. The molecule has 0 saturated heterocycles. The molecular weight excluding hydrogens is 592 g/mol. The van der Waals surface area contributed by atoms with Gasteiger partial charge in [-0.3, -0.25) is 4.72 Å². The van der Waals surface area contributed by atoms with E-state index in [4.69, 9.17) is 14.6 Å². The molecule has 0 heterocycles. The van der Waals surface area contributed by atoms with Crippen LogP contribution in [0, 0.1) is 21.0 Å². The zero-order valence-corrected chi connectivity index (χ0v) is 21.1. The summed E-state index contributed by atoms with van der Waals surface area (Å²) in [5.41, 5.74) is -1.35. The average Bonchev–Trinajstić information content (AvgIpc) is 3.56. The maximum atomic E-state index is 14.9. The molecule has 1 aliphatic carbocycles. The lowest BCUT2D eigenvalue weighted by Crippen LogP contribution is -2.34. The maximum absolute atomic E-state index is 14.9. The summed E-state index contributed by atoms with van der Waals surface area (Å²) in [7, 11) is -2.88. The molecule has 2 aromatic carbocycles. The third-order valence-electron chi connectivity index (χ3n) is 5.35. The number of benzene rings is 2. The Morgan fingerprint density at radius 3 is 2.44 bits per heavy atom. The number of sulfonamides is 1. The average molecular weight is 616 g/mol. The second kappa shape index (κ2) is 10.8. The summed E-state index contributed by atoms with van der Waals surface area (Å²) < 4.78 is 82.0. The van der Waals surface area contributed by atoms with Crippen molar-refractivity contribution in [1.82, 2.24) is 0 Å². The number of hydrogen-bond donors (Lipinski definition) is 4. The molecule has 2 aromatic rings. The van der Waals surface area contributed by atoms with Crippen LogP contribution in [0.15, 0.2) is 24.3 Å². The Kier molecular flexibility index (Phi) is 8.55. The molecule has 0 aliphatic heterocycles. The first-order valence-corrected chi connectivity index (χ1v) is 12.8. The van der Waals surface area contributed by atoms with Crippen molar-refractivity contribution in [3.8, 4) is 5.75 Å². The van der Waals surface area contributed by atoms with E-state index in [1.807, 2.05) is 22.6 Å². The maximum Gasteiger partial charge on any atom is 0.238 e. The van der Waals surface area contributed by atoms with Gasteiger partial charge in [0.15, 0.2) is 11.6 Å². The van der Waals surface area contributed by atoms with Crippen molar-refractivity contribution in [2.24, 2.45) is 0 Å². The molecule has 8 nitrogen and oxygen atoms in total. The SMILES string of the molecule is COCCOc1cc(F)c(F)c(Nc2ccc(I)cc2F)c1NS(=O)(=O)C1(CC(O)CO)CC1. The monoisotopic (exact) mass is 616 g/mol. The number of methoxy groups -OCH3 is 1. The number of hydrogen-bond acceptors (Lipinski definition) is 7. The van der Waals surface area contributed by atoms with Crippen molar-refractivity contribution in [2.75, 3.05) is 37.0 Å². The molecule has 4 N–H and O–H groups in total. The Bertz CT molecular complexity index is 1150. The van der Waals surface area contributed by atoms with Crippen LogP contribution in [-0.4, -0.2) is 56.4 Å². The van der Waals surface area contributed by atoms with Crippen LogP contribution < -0.4 is 14.8 Å². The second-order valence-electron chi connectivity index (χ2n) is 7.84. The summed E-state index contributed by atoms with van der Waals surface area (Å²) in [5, 5.41) is 21.4. The molecule has 0 spiro atoms. The minimum absolute atomic E-state index is 0.0757. The van der Waals surface area contributed by atoms with Crippen molar-refractivity contribution in [1.29, 1.82) is 0 Å². The molecule has 0 aromatic heterocycles.